The number of aliphatic hydroxyl groups is 1. The van der Waals surface area contributed by atoms with Gasteiger partial charge in [0.15, 0.2) is 11.5 Å². The van der Waals surface area contributed by atoms with E-state index >= 15 is 0 Å². The third-order valence-corrected chi connectivity index (χ3v) is 4.00. The Morgan fingerprint density at radius 3 is 2.42 bits per heavy atom. The first-order valence-electron chi connectivity index (χ1n) is 5.56. The van der Waals surface area contributed by atoms with E-state index in [1.54, 1.807) is 12.1 Å². The summed E-state index contributed by atoms with van der Waals surface area (Å²) in [5, 5.41) is 10.2. The van der Waals surface area contributed by atoms with Gasteiger partial charge in [0.05, 0.1) is 31.1 Å². The molecule has 0 amide bonds. The van der Waals surface area contributed by atoms with Crippen LogP contribution in [-0.2, 0) is 9.84 Å². The number of rotatable bonds is 6. The molecule has 0 fully saturated rings. The summed E-state index contributed by atoms with van der Waals surface area (Å²) in [6.07, 6.45) is 0.228. The van der Waals surface area contributed by atoms with Crippen LogP contribution in [0.5, 0.6) is 11.5 Å². The molecule has 19 heavy (non-hydrogen) atoms. The standard InChI is InChI=1S/C12H17ClO5S/c1-17-10-5-4-8(11(13)12(10)18-2)9(14)6-7-19(3,15)16/h4-5,9,14H,6-7H2,1-3H3. The second kappa shape index (κ2) is 6.45. The van der Waals surface area contributed by atoms with Gasteiger partial charge in [0, 0.05) is 11.8 Å². The van der Waals surface area contributed by atoms with E-state index in [0.29, 0.717) is 17.1 Å². The zero-order valence-electron chi connectivity index (χ0n) is 11.0. The van der Waals surface area contributed by atoms with Gasteiger partial charge in [0.25, 0.3) is 0 Å². The van der Waals surface area contributed by atoms with E-state index in [4.69, 9.17) is 21.1 Å². The number of hydrogen-bond donors (Lipinski definition) is 1. The minimum absolute atomic E-state index is 0.0774. The fourth-order valence-electron chi connectivity index (χ4n) is 1.64. The molecule has 0 heterocycles. The molecule has 0 saturated carbocycles. The summed E-state index contributed by atoms with van der Waals surface area (Å²) >= 11 is 6.12. The lowest BCUT2D eigenvalue weighted by Crippen LogP contribution is -2.09. The molecule has 1 aromatic carbocycles. The van der Waals surface area contributed by atoms with Crippen molar-refractivity contribution in [3.63, 3.8) is 0 Å². The Labute approximate surface area is 118 Å². The average molecular weight is 309 g/mol. The van der Waals surface area contributed by atoms with Gasteiger partial charge >= 0.3 is 0 Å². The summed E-state index contributed by atoms with van der Waals surface area (Å²) in [4.78, 5) is 0. The summed E-state index contributed by atoms with van der Waals surface area (Å²) in [6.45, 7) is 0. The van der Waals surface area contributed by atoms with Crippen molar-refractivity contribution >= 4 is 21.4 Å². The van der Waals surface area contributed by atoms with Crippen molar-refractivity contribution in [2.75, 3.05) is 26.2 Å². The molecule has 0 saturated heterocycles. The van der Waals surface area contributed by atoms with E-state index in [0.717, 1.165) is 6.26 Å². The molecular weight excluding hydrogens is 292 g/mol. The molecule has 0 bridgehead atoms. The van der Waals surface area contributed by atoms with Gasteiger partial charge in [0.1, 0.15) is 9.84 Å². The van der Waals surface area contributed by atoms with Gasteiger partial charge in [-0.15, -0.1) is 0 Å². The molecule has 0 radical (unpaired) electrons. The molecule has 7 heteroatoms. The molecule has 1 rings (SSSR count). The van der Waals surface area contributed by atoms with Crippen LogP contribution in [0, 0.1) is 0 Å². The Morgan fingerprint density at radius 2 is 1.95 bits per heavy atom. The highest BCUT2D eigenvalue weighted by molar-refractivity contribution is 7.90. The largest absolute Gasteiger partial charge is 0.493 e. The highest BCUT2D eigenvalue weighted by Gasteiger charge is 2.19. The van der Waals surface area contributed by atoms with Crippen molar-refractivity contribution in [1.29, 1.82) is 0 Å². The van der Waals surface area contributed by atoms with E-state index in [9.17, 15) is 13.5 Å². The van der Waals surface area contributed by atoms with Crippen LogP contribution in [0.1, 0.15) is 18.1 Å². The molecular formula is C12H17ClO5S. The van der Waals surface area contributed by atoms with Crippen LogP contribution in [0.15, 0.2) is 12.1 Å². The Balaban J connectivity index is 3.01. The molecule has 0 spiro atoms. The second-order valence-electron chi connectivity index (χ2n) is 4.14. The lowest BCUT2D eigenvalue weighted by Gasteiger charge is -2.16. The maximum Gasteiger partial charge on any atom is 0.179 e. The van der Waals surface area contributed by atoms with Crippen LogP contribution in [0.3, 0.4) is 0 Å². The smallest absolute Gasteiger partial charge is 0.179 e. The number of methoxy groups -OCH3 is 2. The van der Waals surface area contributed by atoms with Crippen LogP contribution < -0.4 is 9.47 Å². The molecule has 0 aliphatic carbocycles. The molecule has 0 aliphatic rings. The maximum absolute atomic E-state index is 11.1. The number of aliphatic hydroxyl groups excluding tert-OH is 1. The van der Waals surface area contributed by atoms with E-state index in [2.05, 4.69) is 0 Å². The highest BCUT2D eigenvalue weighted by atomic mass is 35.5. The minimum Gasteiger partial charge on any atom is -0.493 e. The Morgan fingerprint density at radius 1 is 1.32 bits per heavy atom. The first kappa shape index (κ1) is 16.1. The van der Waals surface area contributed by atoms with Gasteiger partial charge in [0.2, 0.25) is 0 Å². The van der Waals surface area contributed by atoms with Crippen molar-refractivity contribution in [2.24, 2.45) is 0 Å². The monoisotopic (exact) mass is 308 g/mol. The summed E-state index contributed by atoms with van der Waals surface area (Å²) in [6, 6.07) is 3.21. The predicted octanol–water partition coefficient (Wildman–Crippen LogP) is 1.83. The van der Waals surface area contributed by atoms with Crippen LogP contribution in [-0.4, -0.2) is 39.8 Å². The summed E-state index contributed by atoms with van der Waals surface area (Å²) in [7, 11) is -0.207. The van der Waals surface area contributed by atoms with Gasteiger partial charge in [-0.2, -0.15) is 0 Å². The number of sulfone groups is 1. The quantitative estimate of drug-likeness (QED) is 0.868. The zero-order chi connectivity index (χ0) is 14.6. The van der Waals surface area contributed by atoms with Crippen LogP contribution in [0.2, 0.25) is 5.02 Å². The molecule has 108 valence electrons. The Kier molecular flexibility index (Phi) is 5.46. The third-order valence-electron chi connectivity index (χ3n) is 2.64. The Bertz CT molecular complexity index is 541. The highest BCUT2D eigenvalue weighted by Crippen LogP contribution is 2.40. The predicted molar refractivity (Wildman–Crippen MR) is 73.8 cm³/mol. The summed E-state index contributed by atoms with van der Waals surface area (Å²) < 4.78 is 32.4. The zero-order valence-corrected chi connectivity index (χ0v) is 12.6. The topological polar surface area (TPSA) is 72.8 Å². The normalized spacial score (nSPS) is 13.1. The van der Waals surface area contributed by atoms with E-state index < -0.39 is 15.9 Å². The first-order chi connectivity index (χ1) is 8.80. The number of benzene rings is 1. The van der Waals surface area contributed by atoms with Gasteiger partial charge in [-0.3, -0.25) is 0 Å². The third kappa shape index (κ3) is 4.26. The van der Waals surface area contributed by atoms with Crippen molar-refractivity contribution < 1.29 is 23.0 Å². The summed E-state index contributed by atoms with van der Waals surface area (Å²) in [5.74, 6) is 0.658. The molecule has 1 aromatic rings. The van der Waals surface area contributed by atoms with Crippen molar-refractivity contribution in [3.05, 3.63) is 22.7 Å². The fourth-order valence-corrected chi connectivity index (χ4v) is 2.65. The van der Waals surface area contributed by atoms with Crippen molar-refractivity contribution in [1.82, 2.24) is 0 Å². The van der Waals surface area contributed by atoms with Gasteiger partial charge < -0.3 is 14.6 Å². The number of ether oxygens (including phenoxy) is 2. The van der Waals surface area contributed by atoms with Crippen LogP contribution in [0.4, 0.5) is 0 Å². The molecule has 0 aromatic heterocycles. The summed E-state index contributed by atoms with van der Waals surface area (Å²) in [5.41, 5.74) is 0.419. The SMILES string of the molecule is COc1ccc(C(O)CCS(C)(=O)=O)c(Cl)c1OC. The number of hydrogen-bond acceptors (Lipinski definition) is 5. The molecule has 1 unspecified atom stereocenters. The first-order valence-corrected chi connectivity index (χ1v) is 8.00. The van der Waals surface area contributed by atoms with Gasteiger partial charge in [-0.05, 0) is 12.5 Å². The average Bonchev–Trinajstić information content (AvgIpc) is 2.34. The lowest BCUT2D eigenvalue weighted by molar-refractivity contribution is 0.174. The Hall–Kier alpha value is -0.980. The molecule has 0 aliphatic heterocycles. The van der Waals surface area contributed by atoms with Crippen LogP contribution in [0.25, 0.3) is 0 Å². The van der Waals surface area contributed by atoms with Crippen LogP contribution >= 0.6 is 11.6 Å². The maximum atomic E-state index is 11.1. The van der Waals surface area contributed by atoms with E-state index in [1.165, 1.54) is 14.2 Å². The van der Waals surface area contributed by atoms with Gasteiger partial charge in [-0.25, -0.2) is 8.42 Å². The van der Waals surface area contributed by atoms with E-state index in [-0.39, 0.29) is 17.2 Å². The van der Waals surface area contributed by atoms with Gasteiger partial charge in [-0.1, -0.05) is 17.7 Å². The van der Waals surface area contributed by atoms with E-state index in [1.807, 2.05) is 0 Å². The molecule has 5 nitrogen and oxygen atoms in total. The molecule has 1 N–H and O–H groups in total. The number of halogens is 1. The van der Waals surface area contributed by atoms with Crippen molar-refractivity contribution in [2.45, 2.75) is 12.5 Å². The fraction of sp³-hybridized carbons (Fsp3) is 0.500. The second-order valence-corrected chi connectivity index (χ2v) is 6.78. The molecule has 1 atom stereocenters. The minimum atomic E-state index is -3.13. The lowest BCUT2D eigenvalue weighted by atomic mass is 10.1. The van der Waals surface area contributed by atoms with Crippen molar-refractivity contribution in [3.8, 4) is 11.5 Å².